The van der Waals surface area contributed by atoms with Gasteiger partial charge in [-0.25, -0.2) is 13.1 Å². The van der Waals surface area contributed by atoms with E-state index in [-0.39, 0.29) is 27.5 Å². The average molecular weight is 322 g/mol. The van der Waals surface area contributed by atoms with E-state index in [1.165, 1.54) is 30.1 Å². The largest absolute Gasteiger partial charge is 0.298 e. The maximum atomic E-state index is 12.3. The van der Waals surface area contributed by atoms with Crippen molar-refractivity contribution < 1.29 is 18.0 Å². The van der Waals surface area contributed by atoms with Crippen molar-refractivity contribution in [2.45, 2.75) is 11.8 Å². The van der Waals surface area contributed by atoms with Gasteiger partial charge in [0.05, 0.1) is 4.90 Å². The first kappa shape index (κ1) is 15.8. The Morgan fingerprint density at radius 1 is 1.36 bits per heavy atom. The van der Waals surface area contributed by atoms with Crippen molar-refractivity contribution in [2.24, 2.45) is 7.05 Å². The number of carbonyl (C=O) groups excluding carboxylic acids is 2. The minimum absolute atomic E-state index is 0.0233. The van der Waals surface area contributed by atoms with Crippen molar-refractivity contribution in [1.82, 2.24) is 14.8 Å². The third-order valence-corrected chi connectivity index (χ3v) is 4.40. The van der Waals surface area contributed by atoms with Crippen LogP contribution in [0.1, 0.15) is 26.3 Å². The molecule has 1 amide bonds. The molecule has 1 aromatic carbocycles. The molecule has 2 aromatic rings. The van der Waals surface area contributed by atoms with Crippen LogP contribution in [-0.2, 0) is 16.9 Å². The van der Waals surface area contributed by atoms with Crippen LogP contribution < -0.4 is 5.32 Å². The van der Waals surface area contributed by atoms with Crippen LogP contribution in [-0.4, -0.2) is 41.6 Å². The highest BCUT2D eigenvalue weighted by atomic mass is 32.2. The number of aryl methyl sites for hydroxylation is 1. The predicted molar refractivity (Wildman–Crippen MR) is 78.6 cm³/mol. The molecule has 0 saturated carbocycles. The number of sulfone groups is 1. The van der Waals surface area contributed by atoms with Crippen molar-refractivity contribution in [3.8, 4) is 0 Å². The fourth-order valence-electron chi connectivity index (χ4n) is 2.12. The molecule has 1 aromatic heterocycles. The van der Waals surface area contributed by atoms with E-state index in [0.717, 1.165) is 6.26 Å². The minimum Gasteiger partial charge on any atom is -0.298 e. The topological polar surface area (TPSA) is 111 Å². The number of benzene rings is 1. The highest BCUT2D eigenvalue weighted by molar-refractivity contribution is 7.90. The lowest BCUT2D eigenvalue weighted by molar-refractivity contribution is 0.102. The lowest BCUT2D eigenvalue weighted by Gasteiger charge is -2.12. The van der Waals surface area contributed by atoms with Gasteiger partial charge in [-0.3, -0.25) is 14.9 Å². The second-order valence-corrected chi connectivity index (χ2v) is 6.66. The van der Waals surface area contributed by atoms with E-state index in [1.54, 1.807) is 7.05 Å². The zero-order chi connectivity index (χ0) is 16.5. The third-order valence-electron chi connectivity index (χ3n) is 3.12. The molecule has 22 heavy (non-hydrogen) atoms. The molecule has 8 nitrogen and oxygen atoms in total. The minimum atomic E-state index is -3.65. The SMILES string of the molecule is Cc1c(C(=O)Nc2ncnn2C)ccc(C=O)c1S(C)(=O)=O. The number of anilines is 1. The Hall–Kier alpha value is -2.55. The summed E-state index contributed by atoms with van der Waals surface area (Å²) in [6.07, 6.45) is 2.72. The van der Waals surface area contributed by atoms with Crippen molar-refractivity contribution in [2.75, 3.05) is 11.6 Å². The molecule has 0 aliphatic heterocycles. The highest BCUT2D eigenvalue weighted by Crippen LogP contribution is 2.23. The Morgan fingerprint density at radius 3 is 2.55 bits per heavy atom. The van der Waals surface area contributed by atoms with Crippen molar-refractivity contribution in [1.29, 1.82) is 0 Å². The molecule has 116 valence electrons. The Bertz CT molecular complexity index is 855. The number of nitrogens with one attached hydrogen (secondary N) is 1. The third kappa shape index (κ3) is 2.89. The van der Waals surface area contributed by atoms with E-state index in [4.69, 9.17) is 0 Å². The number of rotatable bonds is 4. The Labute approximate surface area is 127 Å². The molecule has 0 atom stereocenters. The van der Waals surface area contributed by atoms with Gasteiger partial charge in [-0.2, -0.15) is 10.1 Å². The maximum Gasteiger partial charge on any atom is 0.258 e. The molecular weight excluding hydrogens is 308 g/mol. The fraction of sp³-hybridized carbons (Fsp3) is 0.231. The summed E-state index contributed by atoms with van der Waals surface area (Å²) in [6.45, 7) is 1.48. The van der Waals surface area contributed by atoms with Crippen molar-refractivity contribution in [3.63, 3.8) is 0 Å². The molecule has 0 aliphatic rings. The summed E-state index contributed by atoms with van der Waals surface area (Å²) in [4.78, 5) is 27.0. The van der Waals surface area contributed by atoms with Crippen molar-refractivity contribution >= 4 is 28.0 Å². The molecule has 1 heterocycles. The Kier molecular flexibility index (Phi) is 4.09. The summed E-state index contributed by atoms with van der Waals surface area (Å²) < 4.78 is 25.1. The molecule has 0 aliphatic carbocycles. The molecule has 0 saturated heterocycles. The monoisotopic (exact) mass is 322 g/mol. The molecule has 0 fully saturated rings. The zero-order valence-corrected chi connectivity index (χ0v) is 13.0. The van der Waals surface area contributed by atoms with Gasteiger partial charge in [-0.15, -0.1) is 0 Å². The second kappa shape index (κ2) is 5.68. The summed E-state index contributed by atoms with van der Waals surface area (Å²) in [7, 11) is -2.04. The van der Waals surface area contributed by atoms with Gasteiger partial charge in [0.1, 0.15) is 6.33 Å². The number of nitrogens with zero attached hydrogens (tertiary/aromatic N) is 3. The molecule has 2 rings (SSSR count). The van der Waals surface area contributed by atoms with E-state index < -0.39 is 15.7 Å². The number of hydrogen-bond donors (Lipinski definition) is 1. The van der Waals surface area contributed by atoms with Gasteiger partial charge in [-0.05, 0) is 24.6 Å². The normalized spacial score (nSPS) is 11.2. The number of carbonyl (C=O) groups is 2. The maximum absolute atomic E-state index is 12.3. The van der Waals surface area contributed by atoms with E-state index in [0.29, 0.717) is 6.29 Å². The number of amides is 1. The molecular formula is C13H14N4O4S. The van der Waals surface area contributed by atoms with E-state index in [2.05, 4.69) is 15.4 Å². The van der Waals surface area contributed by atoms with E-state index in [9.17, 15) is 18.0 Å². The Balaban J connectivity index is 2.51. The first-order valence-electron chi connectivity index (χ1n) is 6.20. The van der Waals surface area contributed by atoms with E-state index in [1.807, 2.05) is 0 Å². The molecule has 0 spiro atoms. The van der Waals surface area contributed by atoms with Gasteiger partial charge in [0.25, 0.3) is 5.91 Å². The van der Waals surface area contributed by atoms with Crippen LogP contribution in [0.2, 0.25) is 0 Å². The first-order chi connectivity index (χ1) is 10.3. The summed E-state index contributed by atoms with van der Waals surface area (Å²) >= 11 is 0. The molecule has 1 N–H and O–H groups in total. The summed E-state index contributed by atoms with van der Waals surface area (Å²) in [5, 5.41) is 6.35. The standard InChI is InChI=1S/C13H14N4O4S/c1-8-10(12(19)16-13-14-7-15-17(13)2)5-4-9(6-18)11(8)22(3,20)21/h4-7H,1-3H3,(H,14,15,16,19). The lowest BCUT2D eigenvalue weighted by atomic mass is 10.0. The van der Waals surface area contributed by atoms with Crippen LogP contribution in [0, 0.1) is 6.92 Å². The predicted octanol–water partition coefficient (Wildman–Crippen LogP) is 0.592. The van der Waals surface area contributed by atoms with Crippen molar-refractivity contribution in [3.05, 3.63) is 35.2 Å². The van der Waals surface area contributed by atoms with Crippen LogP contribution in [0.4, 0.5) is 5.95 Å². The van der Waals surface area contributed by atoms with Gasteiger partial charge in [0.15, 0.2) is 16.1 Å². The molecule has 9 heteroatoms. The van der Waals surface area contributed by atoms with Gasteiger partial charge in [0.2, 0.25) is 5.95 Å². The molecule has 0 bridgehead atoms. The number of aromatic nitrogens is 3. The average Bonchev–Trinajstić information content (AvgIpc) is 2.82. The Morgan fingerprint density at radius 2 is 2.05 bits per heavy atom. The van der Waals surface area contributed by atoms with Gasteiger partial charge in [0, 0.05) is 24.4 Å². The van der Waals surface area contributed by atoms with Crippen LogP contribution in [0.15, 0.2) is 23.4 Å². The van der Waals surface area contributed by atoms with Crippen LogP contribution in [0.3, 0.4) is 0 Å². The van der Waals surface area contributed by atoms with Gasteiger partial charge < -0.3 is 0 Å². The highest BCUT2D eigenvalue weighted by Gasteiger charge is 2.22. The van der Waals surface area contributed by atoms with Gasteiger partial charge >= 0.3 is 0 Å². The van der Waals surface area contributed by atoms with E-state index >= 15 is 0 Å². The number of aldehydes is 1. The van der Waals surface area contributed by atoms with Gasteiger partial charge in [-0.1, -0.05) is 0 Å². The summed E-state index contributed by atoms with van der Waals surface area (Å²) in [5.41, 5.74) is 0.385. The van der Waals surface area contributed by atoms with Crippen LogP contribution >= 0.6 is 0 Å². The fourth-order valence-corrected chi connectivity index (χ4v) is 3.33. The van der Waals surface area contributed by atoms with Crippen LogP contribution in [0.25, 0.3) is 0 Å². The molecule has 0 unspecified atom stereocenters. The second-order valence-electron chi connectivity index (χ2n) is 4.71. The molecule has 0 radical (unpaired) electrons. The lowest BCUT2D eigenvalue weighted by Crippen LogP contribution is -2.18. The summed E-state index contributed by atoms with van der Waals surface area (Å²) in [6, 6.07) is 2.71. The quantitative estimate of drug-likeness (QED) is 0.825. The zero-order valence-electron chi connectivity index (χ0n) is 12.2. The number of hydrogen-bond acceptors (Lipinski definition) is 6. The smallest absolute Gasteiger partial charge is 0.258 e. The summed E-state index contributed by atoms with van der Waals surface area (Å²) in [5.74, 6) is -0.305. The first-order valence-corrected chi connectivity index (χ1v) is 8.09. The van der Waals surface area contributed by atoms with Crippen LogP contribution in [0.5, 0.6) is 0 Å².